The molecule has 0 aliphatic carbocycles. The minimum absolute atomic E-state index is 0.120. The second-order valence-electron chi connectivity index (χ2n) is 7.34. The summed E-state index contributed by atoms with van der Waals surface area (Å²) in [5.74, 6) is 0.480. The lowest BCUT2D eigenvalue weighted by Crippen LogP contribution is -2.20. The van der Waals surface area contributed by atoms with Crippen LogP contribution in [-0.2, 0) is 4.79 Å². The van der Waals surface area contributed by atoms with Crippen molar-refractivity contribution in [2.75, 3.05) is 10.6 Å². The van der Waals surface area contributed by atoms with Crippen LogP contribution in [0.25, 0.3) is 0 Å². The summed E-state index contributed by atoms with van der Waals surface area (Å²) in [7, 11) is 0. The van der Waals surface area contributed by atoms with Crippen molar-refractivity contribution in [3.05, 3.63) is 77.6 Å². The van der Waals surface area contributed by atoms with Gasteiger partial charge in [-0.3, -0.25) is 4.79 Å². The highest BCUT2D eigenvalue weighted by Gasteiger charge is 2.23. The van der Waals surface area contributed by atoms with Crippen molar-refractivity contribution in [3.63, 3.8) is 0 Å². The largest absolute Gasteiger partial charge is 0.371 e. The Kier molecular flexibility index (Phi) is 6.07. The molecule has 1 unspecified atom stereocenters. The minimum Gasteiger partial charge on any atom is -0.371 e. The molecular formula is C22H26N6O. The predicted molar refractivity (Wildman–Crippen MR) is 115 cm³/mol. The molecular weight excluding hydrogens is 364 g/mol. The van der Waals surface area contributed by atoms with Crippen molar-refractivity contribution < 1.29 is 4.79 Å². The van der Waals surface area contributed by atoms with Crippen molar-refractivity contribution in [3.8, 4) is 0 Å². The topological polar surface area (TPSA) is 84.7 Å². The molecule has 0 saturated heterocycles. The Morgan fingerprint density at radius 3 is 2.31 bits per heavy atom. The van der Waals surface area contributed by atoms with Crippen LogP contribution in [0.5, 0.6) is 0 Å². The molecule has 0 aliphatic heterocycles. The molecule has 0 radical (unpaired) electrons. The Bertz CT molecular complexity index is 986. The lowest BCUT2D eigenvalue weighted by molar-refractivity contribution is -0.111. The summed E-state index contributed by atoms with van der Waals surface area (Å²) in [5, 5.41) is 18.7. The number of nitrogens with zero attached hydrogens (tertiary/aromatic N) is 4. The summed E-state index contributed by atoms with van der Waals surface area (Å²) in [4.78, 5) is 11.5. The lowest BCUT2D eigenvalue weighted by Gasteiger charge is -2.22. The zero-order valence-electron chi connectivity index (χ0n) is 17.2. The van der Waals surface area contributed by atoms with Gasteiger partial charge in [0.1, 0.15) is 6.04 Å². The van der Waals surface area contributed by atoms with E-state index in [2.05, 4.69) is 64.8 Å². The van der Waals surface area contributed by atoms with E-state index in [0.29, 0.717) is 5.69 Å². The molecule has 1 aromatic heterocycles. The molecule has 2 N–H and O–H groups in total. The molecule has 0 bridgehead atoms. The highest BCUT2D eigenvalue weighted by molar-refractivity contribution is 5.98. The lowest BCUT2D eigenvalue weighted by atomic mass is 10.0. The highest BCUT2D eigenvalue weighted by Crippen LogP contribution is 2.28. The highest BCUT2D eigenvalue weighted by atomic mass is 16.1. The fourth-order valence-electron chi connectivity index (χ4n) is 3.23. The quantitative estimate of drug-likeness (QED) is 0.591. The Morgan fingerprint density at radius 1 is 1.07 bits per heavy atom. The van der Waals surface area contributed by atoms with Gasteiger partial charge in [-0.05, 0) is 85.2 Å². The van der Waals surface area contributed by atoms with Gasteiger partial charge in [0.15, 0.2) is 5.82 Å². The fraction of sp³-hybridized carbons (Fsp3) is 0.273. The molecule has 150 valence electrons. The maximum atomic E-state index is 11.5. The maximum absolute atomic E-state index is 11.5. The van der Waals surface area contributed by atoms with E-state index in [4.69, 9.17) is 0 Å². The molecule has 7 heteroatoms. The average Bonchev–Trinajstić information content (AvgIpc) is 3.16. The second-order valence-corrected chi connectivity index (χ2v) is 7.34. The van der Waals surface area contributed by atoms with Crippen LogP contribution in [0.15, 0.2) is 55.1 Å². The third kappa shape index (κ3) is 4.87. The van der Waals surface area contributed by atoms with E-state index in [9.17, 15) is 4.79 Å². The number of tetrazole rings is 1. The number of anilines is 2. The first-order valence-corrected chi connectivity index (χ1v) is 9.53. The standard InChI is InChI=1S/C22H26N6O/c1-6-20(29)23-18-9-7-17(8-10-18)21(22-25-26-27-28(22)14(2)3)24-19-12-15(4)11-16(5)13-19/h6-14,21,24H,1H2,2-5H3,(H,23,29). The number of amides is 1. The summed E-state index contributed by atoms with van der Waals surface area (Å²) in [6.07, 6.45) is 1.25. The molecule has 1 amide bonds. The first-order valence-electron chi connectivity index (χ1n) is 9.53. The van der Waals surface area contributed by atoms with Gasteiger partial charge in [-0.25, -0.2) is 4.68 Å². The smallest absolute Gasteiger partial charge is 0.247 e. The SMILES string of the molecule is C=CC(=O)Nc1ccc(C(Nc2cc(C)cc(C)c2)c2nnnn2C(C)C)cc1. The van der Waals surface area contributed by atoms with E-state index in [1.54, 1.807) is 0 Å². The van der Waals surface area contributed by atoms with Crippen LogP contribution in [0.3, 0.4) is 0 Å². The monoisotopic (exact) mass is 390 g/mol. The fourth-order valence-corrected chi connectivity index (χ4v) is 3.23. The van der Waals surface area contributed by atoms with E-state index in [1.165, 1.54) is 17.2 Å². The molecule has 0 spiro atoms. The maximum Gasteiger partial charge on any atom is 0.247 e. The Hall–Kier alpha value is -3.48. The first-order chi connectivity index (χ1) is 13.9. The molecule has 29 heavy (non-hydrogen) atoms. The zero-order valence-corrected chi connectivity index (χ0v) is 17.2. The van der Waals surface area contributed by atoms with Gasteiger partial charge in [0, 0.05) is 11.4 Å². The Labute approximate surface area is 170 Å². The van der Waals surface area contributed by atoms with Crippen LogP contribution in [0.1, 0.15) is 48.4 Å². The van der Waals surface area contributed by atoms with E-state index < -0.39 is 0 Å². The molecule has 1 heterocycles. The van der Waals surface area contributed by atoms with Crippen molar-refractivity contribution in [2.24, 2.45) is 0 Å². The molecule has 0 saturated carbocycles. The van der Waals surface area contributed by atoms with Gasteiger partial charge in [-0.15, -0.1) is 5.10 Å². The second kappa shape index (κ2) is 8.68. The summed E-state index contributed by atoms with van der Waals surface area (Å²) in [6, 6.07) is 13.8. The van der Waals surface area contributed by atoms with E-state index in [1.807, 2.05) is 42.8 Å². The van der Waals surface area contributed by atoms with Gasteiger partial charge in [-0.2, -0.15) is 0 Å². The Morgan fingerprint density at radius 2 is 1.72 bits per heavy atom. The molecule has 3 aromatic rings. The summed E-state index contributed by atoms with van der Waals surface area (Å²) < 4.78 is 1.81. The van der Waals surface area contributed by atoms with Gasteiger partial charge in [0.2, 0.25) is 5.91 Å². The third-order valence-corrected chi connectivity index (χ3v) is 4.50. The van der Waals surface area contributed by atoms with Crippen molar-refractivity contribution >= 4 is 17.3 Å². The van der Waals surface area contributed by atoms with E-state index in [0.717, 1.165) is 17.1 Å². The normalized spacial score (nSPS) is 11.9. The molecule has 0 fully saturated rings. The van der Waals surface area contributed by atoms with Crippen LogP contribution in [-0.4, -0.2) is 26.1 Å². The first kappa shape index (κ1) is 20.3. The van der Waals surface area contributed by atoms with Gasteiger partial charge < -0.3 is 10.6 Å². The number of aromatic nitrogens is 4. The number of hydrogen-bond acceptors (Lipinski definition) is 5. The summed E-state index contributed by atoms with van der Waals surface area (Å²) in [5.41, 5.74) is 5.04. The number of carbonyl (C=O) groups excluding carboxylic acids is 1. The number of carbonyl (C=O) groups is 1. The minimum atomic E-state index is -0.252. The van der Waals surface area contributed by atoms with Gasteiger partial charge >= 0.3 is 0 Å². The number of nitrogens with one attached hydrogen (secondary N) is 2. The zero-order chi connectivity index (χ0) is 21.0. The van der Waals surface area contributed by atoms with Gasteiger partial charge in [-0.1, -0.05) is 24.8 Å². The van der Waals surface area contributed by atoms with E-state index >= 15 is 0 Å². The molecule has 3 rings (SSSR count). The third-order valence-electron chi connectivity index (χ3n) is 4.50. The molecule has 1 atom stereocenters. The van der Waals surface area contributed by atoms with Crippen LogP contribution in [0.2, 0.25) is 0 Å². The van der Waals surface area contributed by atoms with Crippen molar-refractivity contribution in [1.29, 1.82) is 0 Å². The van der Waals surface area contributed by atoms with Crippen LogP contribution in [0.4, 0.5) is 11.4 Å². The molecule has 0 aliphatic rings. The number of aryl methyl sites for hydroxylation is 2. The average molecular weight is 390 g/mol. The molecule has 2 aromatic carbocycles. The van der Waals surface area contributed by atoms with Crippen molar-refractivity contribution in [1.82, 2.24) is 20.2 Å². The molecule has 7 nitrogen and oxygen atoms in total. The van der Waals surface area contributed by atoms with Gasteiger partial charge in [0.05, 0.1) is 6.04 Å². The predicted octanol–water partition coefficient (Wildman–Crippen LogP) is 4.20. The summed E-state index contributed by atoms with van der Waals surface area (Å²) in [6.45, 7) is 11.7. The number of rotatable bonds is 7. The Balaban J connectivity index is 1.99. The van der Waals surface area contributed by atoms with Gasteiger partial charge in [0.25, 0.3) is 0 Å². The van der Waals surface area contributed by atoms with Crippen molar-refractivity contribution in [2.45, 2.75) is 39.8 Å². The van der Waals surface area contributed by atoms with Crippen LogP contribution in [0, 0.1) is 13.8 Å². The summed E-state index contributed by atoms with van der Waals surface area (Å²) >= 11 is 0. The van der Waals surface area contributed by atoms with Crippen LogP contribution < -0.4 is 10.6 Å². The number of benzene rings is 2. The van der Waals surface area contributed by atoms with Crippen LogP contribution >= 0.6 is 0 Å². The number of hydrogen-bond donors (Lipinski definition) is 2. The van der Waals surface area contributed by atoms with E-state index in [-0.39, 0.29) is 18.0 Å².